The first-order valence-corrected chi connectivity index (χ1v) is 9.71. The number of nitrogens with zero attached hydrogens (tertiary/aromatic N) is 1. The zero-order valence-electron chi connectivity index (χ0n) is 17.6. The summed E-state index contributed by atoms with van der Waals surface area (Å²) in [4.78, 5) is 76.5. The van der Waals surface area contributed by atoms with E-state index in [1.54, 1.807) is 0 Å². The summed E-state index contributed by atoms with van der Waals surface area (Å²) in [6.45, 7) is 1.24. The number of hydrogen-bond donors (Lipinski definition) is 8. The van der Waals surface area contributed by atoms with Crippen LogP contribution in [0.5, 0.6) is 0 Å². The minimum absolute atomic E-state index is 0.171. The molecule has 0 aliphatic carbocycles. The molecule has 1 aromatic heterocycles. The van der Waals surface area contributed by atoms with Gasteiger partial charge in [-0.2, -0.15) is 0 Å². The van der Waals surface area contributed by atoms with Crippen LogP contribution in [0.4, 0.5) is 0 Å². The van der Waals surface area contributed by atoms with Crippen LogP contribution in [0.25, 0.3) is 0 Å². The van der Waals surface area contributed by atoms with Crippen LogP contribution in [0.2, 0.25) is 0 Å². The molecule has 15 nitrogen and oxygen atoms in total. The van der Waals surface area contributed by atoms with Gasteiger partial charge in [0.15, 0.2) is 0 Å². The minimum atomic E-state index is -1.64. The fourth-order valence-corrected chi connectivity index (χ4v) is 2.57. The molecule has 0 aromatic carbocycles. The van der Waals surface area contributed by atoms with Crippen LogP contribution < -0.4 is 21.7 Å². The number of carbonyl (C=O) groups excluding carboxylic acids is 3. The summed E-state index contributed by atoms with van der Waals surface area (Å²) in [6, 6.07) is -5.53. The van der Waals surface area contributed by atoms with Crippen molar-refractivity contribution < 1.29 is 44.1 Å². The fourth-order valence-electron chi connectivity index (χ4n) is 2.57. The second-order valence-electron chi connectivity index (χ2n) is 7.11. The molecule has 0 bridgehead atoms. The predicted molar refractivity (Wildman–Crippen MR) is 108 cm³/mol. The molecule has 182 valence electrons. The van der Waals surface area contributed by atoms with Gasteiger partial charge in [0.25, 0.3) is 0 Å². The van der Waals surface area contributed by atoms with E-state index in [1.807, 2.05) is 0 Å². The van der Waals surface area contributed by atoms with E-state index in [0.717, 1.165) is 0 Å². The summed E-state index contributed by atoms with van der Waals surface area (Å²) in [7, 11) is 0. The number of carbonyl (C=O) groups is 6. The van der Waals surface area contributed by atoms with Crippen molar-refractivity contribution in [3.05, 3.63) is 18.2 Å². The molecule has 1 aromatic rings. The van der Waals surface area contributed by atoms with Gasteiger partial charge < -0.3 is 42.0 Å². The molecular formula is C18H26N6O9. The number of nitrogens with one attached hydrogen (secondary N) is 4. The quantitative estimate of drug-likeness (QED) is 0.137. The van der Waals surface area contributed by atoms with E-state index in [2.05, 4.69) is 25.9 Å². The van der Waals surface area contributed by atoms with Gasteiger partial charge in [-0.05, 0) is 13.3 Å². The number of carboxylic acid groups (broad SMARTS) is 3. The molecule has 0 aliphatic heterocycles. The molecule has 0 saturated heterocycles. The smallest absolute Gasteiger partial charge is 0.326 e. The summed E-state index contributed by atoms with van der Waals surface area (Å²) in [6.07, 6.45) is 1.10. The van der Waals surface area contributed by atoms with Crippen LogP contribution in [-0.4, -0.2) is 85.1 Å². The van der Waals surface area contributed by atoms with Crippen molar-refractivity contribution >= 4 is 35.6 Å². The highest BCUT2D eigenvalue weighted by Crippen LogP contribution is 2.02. The third-order valence-electron chi connectivity index (χ3n) is 4.36. The standard InChI is InChI=1S/C18H26N6O9/c1-8(22-16(30)10(19)2-3-13(25)26)15(29)23-11(5-14(27)28)17(31)24-12(18(32)33)4-9-6-20-7-21-9/h6-8,10-12H,2-5,19H2,1H3,(H,20,21)(H,22,30)(H,23,29)(H,24,31)(H,25,26)(H,27,28)(H,32,33). The third-order valence-corrected chi connectivity index (χ3v) is 4.36. The SMILES string of the molecule is CC(NC(=O)C(N)CCC(=O)O)C(=O)NC(CC(=O)O)C(=O)NC(Cc1cnc[nH]1)C(=O)O. The number of nitrogens with two attached hydrogens (primary N) is 1. The topological polar surface area (TPSA) is 254 Å². The van der Waals surface area contributed by atoms with E-state index < -0.39 is 66.2 Å². The van der Waals surface area contributed by atoms with Gasteiger partial charge in [-0.1, -0.05) is 0 Å². The van der Waals surface area contributed by atoms with E-state index >= 15 is 0 Å². The average molecular weight is 470 g/mol. The van der Waals surface area contributed by atoms with Gasteiger partial charge >= 0.3 is 17.9 Å². The molecule has 33 heavy (non-hydrogen) atoms. The lowest BCUT2D eigenvalue weighted by Crippen LogP contribution is -2.57. The lowest BCUT2D eigenvalue weighted by Gasteiger charge is -2.22. The van der Waals surface area contributed by atoms with Crippen LogP contribution in [0.15, 0.2) is 12.5 Å². The summed E-state index contributed by atoms with van der Waals surface area (Å²) < 4.78 is 0. The van der Waals surface area contributed by atoms with Crippen molar-refractivity contribution in [1.82, 2.24) is 25.9 Å². The van der Waals surface area contributed by atoms with Crippen molar-refractivity contribution in [3.8, 4) is 0 Å². The Bertz CT molecular complexity index is 873. The molecule has 1 heterocycles. The first kappa shape index (κ1) is 27.0. The number of H-pyrrole nitrogens is 1. The van der Waals surface area contributed by atoms with Crippen LogP contribution in [0.1, 0.15) is 31.9 Å². The highest BCUT2D eigenvalue weighted by atomic mass is 16.4. The van der Waals surface area contributed by atoms with Gasteiger partial charge in [0.1, 0.15) is 18.1 Å². The first-order valence-electron chi connectivity index (χ1n) is 9.71. The van der Waals surface area contributed by atoms with Gasteiger partial charge in [0.05, 0.1) is 18.8 Å². The molecule has 4 atom stereocenters. The van der Waals surface area contributed by atoms with Crippen molar-refractivity contribution in [2.24, 2.45) is 5.73 Å². The highest BCUT2D eigenvalue weighted by Gasteiger charge is 2.30. The summed E-state index contributed by atoms with van der Waals surface area (Å²) in [5.74, 6) is -6.80. The maximum Gasteiger partial charge on any atom is 0.326 e. The number of aromatic nitrogens is 2. The Morgan fingerprint density at radius 3 is 2.12 bits per heavy atom. The molecule has 4 unspecified atom stereocenters. The van der Waals surface area contributed by atoms with E-state index in [4.69, 9.17) is 15.9 Å². The molecule has 0 aliphatic rings. The van der Waals surface area contributed by atoms with Crippen LogP contribution >= 0.6 is 0 Å². The highest BCUT2D eigenvalue weighted by molar-refractivity contribution is 5.95. The Morgan fingerprint density at radius 1 is 0.970 bits per heavy atom. The van der Waals surface area contributed by atoms with Gasteiger partial charge in [-0.15, -0.1) is 0 Å². The molecule has 1 rings (SSSR count). The van der Waals surface area contributed by atoms with Gasteiger partial charge in [-0.25, -0.2) is 9.78 Å². The summed E-state index contributed by atoms with van der Waals surface area (Å²) in [5, 5.41) is 33.6. The van der Waals surface area contributed by atoms with Gasteiger partial charge in [0.2, 0.25) is 17.7 Å². The Labute approximate surface area is 187 Å². The Balaban J connectivity index is 2.77. The zero-order chi connectivity index (χ0) is 25.1. The number of amides is 3. The number of rotatable bonds is 14. The molecule has 0 spiro atoms. The van der Waals surface area contributed by atoms with Crippen LogP contribution in [-0.2, 0) is 35.2 Å². The molecule has 0 radical (unpaired) electrons. The maximum absolute atomic E-state index is 12.5. The monoisotopic (exact) mass is 470 g/mol. The number of hydrogen-bond acceptors (Lipinski definition) is 8. The molecule has 0 fully saturated rings. The number of imidazole rings is 1. The summed E-state index contributed by atoms with van der Waals surface area (Å²) >= 11 is 0. The van der Waals surface area contributed by atoms with E-state index in [9.17, 15) is 33.9 Å². The molecule has 0 saturated carbocycles. The zero-order valence-corrected chi connectivity index (χ0v) is 17.6. The van der Waals surface area contributed by atoms with Crippen molar-refractivity contribution in [1.29, 1.82) is 0 Å². The Morgan fingerprint density at radius 2 is 1.61 bits per heavy atom. The van der Waals surface area contributed by atoms with Crippen LogP contribution in [0.3, 0.4) is 0 Å². The first-order chi connectivity index (χ1) is 15.4. The maximum atomic E-state index is 12.5. The van der Waals surface area contributed by atoms with E-state index in [1.165, 1.54) is 19.4 Å². The number of aliphatic carboxylic acids is 3. The normalized spacial score (nSPS) is 14.2. The average Bonchev–Trinajstić information content (AvgIpc) is 3.23. The molecular weight excluding hydrogens is 444 g/mol. The summed E-state index contributed by atoms with van der Waals surface area (Å²) in [5.41, 5.74) is 5.96. The minimum Gasteiger partial charge on any atom is -0.481 e. The molecule has 15 heteroatoms. The third kappa shape index (κ3) is 9.77. The lowest BCUT2D eigenvalue weighted by atomic mass is 10.1. The fraction of sp³-hybridized carbons (Fsp3) is 0.500. The Hall–Kier alpha value is -4.01. The Kier molecular flexibility index (Phi) is 10.4. The number of aromatic amines is 1. The van der Waals surface area contributed by atoms with Gasteiger partial charge in [-0.3, -0.25) is 24.0 Å². The van der Waals surface area contributed by atoms with Gasteiger partial charge in [0, 0.05) is 24.7 Å². The second kappa shape index (κ2) is 12.7. The van der Waals surface area contributed by atoms with E-state index in [-0.39, 0.29) is 19.3 Å². The largest absolute Gasteiger partial charge is 0.481 e. The number of carboxylic acids is 3. The van der Waals surface area contributed by atoms with Crippen molar-refractivity contribution in [2.75, 3.05) is 0 Å². The predicted octanol–water partition coefficient (Wildman–Crippen LogP) is -2.82. The van der Waals surface area contributed by atoms with E-state index in [0.29, 0.717) is 5.69 Å². The van der Waals surface area contributed by atoms with Crippen molar-refractivity contribution in [3.63, 3.8) is 0 Å². The van der Waals surface area contributed by atoms with Crippen molar-refractivity contribution in [2.45, 2.75) is 56.8 Å². The lowest BCUT2D eigenvalue weighted by molar-refractivity contribution is -0.143. The van der Waals surface area contributed by atoms with Crippen LogP contribution in [0, 0.1) is 0 Å². The second-order valence-corrected chi connectivity index (χ2v) is 7.11. The molecule has 9 N–H and O–H groups in total. The molecule has 3 amide bonds.